The van der Waals surface area contributed by atoms with E-state index in [0.717, 1.165) is 33.0 Å². The van der Waals surface area contributed by atoms with E-state index >= 15 is 0 Å². The van der Waals surface area contributed by atoms with E-state index in [4.69, 9.17) is 32.0 Å². The van der Waals surface area contributed by atoms with Gasteiger partial charge < -0.3 is 13.4 Å². The van der Waals surface area contributed by atoms with Crippen LogP contribution < -0.4 is 0 Å². The molecule has 0 saturated carbocycles. The topological polar surface area (TPSA) is 69.9 Å². The van der Waals surface area contributed by atoms with Crippen LogP contribution in [0.5, 0.6) is 0 Å². The van der Waals surface area contributed by atoms with Gasteiger partial charge in [0.25, 0.3) is 0 Å². The average Bonchev–Trinajstić information content (AvgIpc) is 4.11. The zero-order valence-electron chi connectivity index (χ0n) is 43.9. The lowest BCUT2D eigenvalue weighted by Crippen LogP contribution is -2.00. The van der Waals surface area contributed by atoms with Gasteiger partial charge in [-0.1, -0.05) is 139 Å². The smallest absolute Gasteiger partial charge is 0.164 e. The molecule has 0 amide bonds. The van der Waals surface area contributed by atoms with Gasteiger partial charge in [0.1, 0.15) is 22.3 Å². The average molecular weight is 818 g/mol. The quantitative estimate of drug-likeness (QED) is 0.167. The lowest BCUT2D eigenvalue weighted by Gasteiger charge is -2.09. The minimum Gasteiger partial charge on any atom is -0.456 e. The van der Waals surface area contributed by atoms with Gasteiger partial charge in [-0.05, 0) is 82.8 Å². The summed E-state index contributed by atoms with van der Waals surface area (Å²) in [5.41, 5.74) is 6.58. The number of hydrogen-bond donors (Lipinski definition) is 0. The van der Waals surface area contributed by atoms with Gasteiger partial charge in [-0.25, -0.2) is 15.0 Å². The molecule has 13 rings (SSSR count). The molecule has 0 aliphatic rings. The molecule has 0 atom stereocenters. The number of nitrogens with zero attached hydrogens (tertiary/aromatic N) is 4. The van der Waals surface area contributed by atoms with Crippen molar-refractivity contribution in [3.8, 4) is 62.1 Å². The van der Waals surface area contributed by atoms with E-state index < -0.39 is 42.3 Å². The molecule has 0 N–H and O–H groups in total. The third kappa shape index (κ3) is 5.76. The summed E-state index contributed by atoms with van der Waals surface area (Å²) in [4.78, 5) is 14.7. The Morgan fingerprint density at radius 3 is 1.76 bits per heavy atom. The number of fused-ring (bicyclic) bond motifs is 9. The van der Waals surface area contributed by atoms with Gasteiger partial charge in [0.2, 0.25) is 0 Å². The maximum Gasteiger partial charge on any atom is 0.164 e. The first-order valence-corrected chi connectivity index (χ1v) is 20.2. The first-order chi connectivity index (χ1) is 35.8. The summed E-state index contributed by atoms with van der Waals surface area (Å²) in [6.07, 6.45) is 0. The Hall–Kier alpha value is -8.61. The van der Waals surface area contributed by atoms with Gasteiger partial charge in [-0.3, -0.25) is 0 Å². The van der Waals surface area contributed by atoms with Gasteiger partial charge in [0.15, 0.2) is 17.5 Å². The predicted octanol–water partition coefficient (Wildman–Crippen LogP) is 15.1. The first kappa shape index (κ1) is 25.9. The highest BCUT2D eigenvalue weighted by atomic mass is 16.3. The van der Waals surface area contributed by atoms with Crippen LogP contribution in [0.1, 0.15) is 15.1 Å². The van der Waals surface area contributed by atoms with Crippen LogP contribution in [0, 0.1) is 0 Å². The highest BCUT2D eigenvalue weighted by molar-refractivity contribution is 6.13. The monoisotopic (exact) mass is 817 g/mol. The number of benzene rings is 9. The molecule has 4 heterocycles. The fraction of sp³-hybridized carbons (Fsp3) is 0. The molecule has 9 aromatic carbocycles. The summed E-state index contributed by atoms with van der Waals surface area (Å²) < 4.78 is 113. The second kappa shape index (κ2) is 14.0. The zero-order valence-corrected chi connectivity index (χ0v) is 32.9. The van der Waals surface area contributed by atoms with Gasteiger partial charge in [0.05, 0.1) is 26.1 Å². The molecule has 0 aliphatic heterocycles. The normalized spacial score (nSPS) is 14.3. The van der Waals surface area contributed by atoms with Crippen LogP contribution in [-0.2, 0) is 0 Å². The van der Waals surface area contributed by atoms with Crippen LogP contribution in [0.4, 0.5) is 0 Å². The Bertz CT molecular complexity index is 4500. The lowest BCUT2D eigenvalue weighted by atomic mass is 9.96. The fourth-order valence-electron chi connectivity index (χ4n) is 8.50. The van der Waals surface area contributed by atoms with E-state index in [0.29, 0.717) is 22.3 Å². The van der Waals surface area contributed by atoms with E-state index in [2.05, 4.69) is 42.5 Å². The summed E-state index contributed by atoms with van der Waals surface area (Å²) in [7, 11) is 0. The molecule has 0 radical (unpaired) electrons. The number of furan rings is 2. The number of rotatable bonds is 6. The molecule has 0 fully saturated rings. The van der Waals surface area contributed by atoms with Crippen molar-refractivity contribution in [2.24, 2.45) is 0 Å². The van der Waals surface area contributed by atoms with Crippen molar-refractivity contribution in [1.82, 2.24) is 19.5 Å². The Morgan fingerprint density at radius 1 is 0.381 bits per heavy atom. The van der Waals surface area contributed by atoms with Crippen molar-refractivity contribution in [2.45, 2.75) is 0 Å². The van der Waals surface area contributed by atoms with Crippen LogP contribution in [0.15, 0.2) is 215 Å². The van der Waals surface area contributed by atoms with Crippen LogP contribution in [-0.4, -0.2) is 19.5 Å². The predicted molar refractivity (Wildman–Crippen MR) is 256 cm³/mol. The minimum atomic E-state index is -0.510. The minimum absolute atomic E-state index is 0.00931. The van der Waals surface area contributed by atoms with E-state index in [-0.39, 0.29) is 96.6 Å². The highest BCUT2D eigenvalue weighted by Crippen LogP contribution is 2.40. The summed E-state index contributed by atoms with van der Waals surface area (Å²) in [5, 5.41) is 1.82. The van der Waals surface area contributed by atoms with Crippen molar-refractivity contribution in [1.29, 1.82) is 0 Å². The van der Waals surface area contributed by atoms with E-state index in [9.17, 15) is 6.85 Å². The summed E-state index contributed by atoms with van der Waals surface area (Å²) >= 11 is 0. The Kier molecular flexibility index (Phi) is 5.74. The fourth-order valence-corrected chi connectivity index (χ4v) is 8.50. The molecular formula is C57H34N4O2. The molecule has 0 spiro atoms. The van der Waals surface area contributed by atoms with E-state index in [1.54, 1.807) is 0 Å². The van der Waals surface area contributed by atoms with Gasteiger partial charge >= 0.3 is 0 Å². The van der Waals surface area contributed by atoms with Crippen molar-refractivity contribution in [2.75, 3.05) is 0 Å². The van der Waals surface area contributed by atoms with Crippen LogP contribution in [0.25, 0.3) is 128 Å². The molecule has 63 heavy (non-hydrogen) atoms. The molecule has 6 heteroatoms. The highest BCUT2D eigenvalue weighted by Gasteiger charge is 2.19. The maximum atomic E-state index is 9.59. The van der Waals surface area contributed by atoms with Crippen molar-refractivity contribution in [3.63, 3.8) is 0 Å². The molecule has 294 valence electrons. The first-order valence-electron chi connectivity index (χ1n) is 25.7. The Labute approximate surface area is 376 Å². The van der Waals surface area contributed by atoms with Gasteiger partial charge in [-0.15, -0.1) is 0 Å². The van der Waals surface area contributed by atoms with Crippen LogP contribution in [0.3, 0.4) is 0 Å². The van der Waals surface area contributed by atoms with Crippen LogP contribution in [0.2, 0.25) is 0 Å². The SMILES string of the molecule is [2H]c1cc2c(c([2H])c1[2H])c1c([2H])c([2H])c([2H])cc1n2-c1c([2H])c([2H])c2c(oc3cc(-c4nc(-c5ccccc5)nc(-c5ccc6c(c5)oc5cccc(-c7cccc(-c8ccccc8)c7)c56)n4)c([2H])c([2H])c32)c1[2H]. The summed E-state index contributed by atoms with van der Waals surface area (Å²) in [6.45, 7) is 0. The third-order valence-corrected chi connectivity index (χ3v) is 11.4. The standard InChI is InChI=1S/C57H34N4O2/c1-3-13-35(14-4-1)37-17-11-18-38(31-37)42-21-12-24-50-54(42)47-29-26-40(33-52(47)62-50)57-59-55(36-15-5-2-6-16-36)58-56(60-57)39-25-28-45-46-30-27-41(34-53(46)63-51(45)32-39)61-48-22-9-7-19-43(48)44-20-8-10-23-49(44)61/h1-34H/i7D,8D,9D,10D,19D,20D,25D,27D,28D,30D,34D. The van der Waals surface area contributed by atoms with Crippen molar-refractivity contribution >= 4 is 65.7 Å². The van der Waals surface area contributed by atoms with Crippen LogP contribution >= 0.6 is 0 Å². The largest absolute Gasteiger partial charge is 0.456 e. The maximum absolute atomic E-state index is 9.59. The van der Waals surface area contributed by atoms with Gasteiger partial charge in [0, 0.05) is 60.7 Å². The molecule has 13 aromatic rings. The number of aromatic nitrogens is 4. The van der Waals surface area contributed by atoms with Crippen molar-refractivity contribution in [3.05, 3.63) is 206 Å². The molecule has 6 nitrogen and oxygen atoms in total. The lowest BCUT2D eigenvalue weighted by molar-refractivity contribution is 0.668. The molecule has 4 aromatic heterocycles. The molecule has 0 saturated heterocycles. The van der Waals surface area contributed by atoms with Gasteiger partial charge in [-0.2, -0.15) is 0 Å². The Morgan fingerprint density at radius 2 is 0.984 bits per heavy atom. The Balaban J connectivity index is 0.981. The summed E-state index contributed by atoms with van der Waals surface area (Å²) in [6, 6.07) is 39.2. The molecule has 0 bridgehead atoms. The third-order valence-electron chi connectivity index (χ3n) is 11.4. The summed E-state index contributed by atoms with van der Waals surface area (Å²) in [5.74, 6) is 0.589. The van der Waals surface area contributed by atoms with E-state index in [1.807, 2.05) is 78.9 Å². The molecular weight excluding hydrogens is 773 g/mol. The van der Waals surface area contributed by atoms with E-state index in [1.165, 1.54) is 22.8 Å². The second-order valence-electron chi connectivity index (χ2n) is 15.1. The number of hydrogen-bond acceptors (Lipinski definition) is 5. The molecule has 0 aliphatic carbocycles. The zero-order chi connectivity index (χ0) is 51.0. The molecule has 0 unspecified atom stereocenters. The number of para-hydroxylation sites is 2. The second-order valence-corrected chi connectivity index (χ2v) is 15.1. The van der Waals surface area contributed by atoms with Crippen molar-refractivity contribution < 1.29 is 23.9 Å².